The van der Waals surface area contributed by atoms with Gasteiger partial charge in [-0.3, -0.25) is 0 Å². The molecule has 0 amide bonds. The number of halogens is 2. The second-order valence-corrected chi connectivity index (χ2v) is 7.39. The molecular formula is C14H13BrFNO2S. The lowest BCUT2D eigenvalue weighted by Crippen LogP contribution is -2.08. The summed E-state index contributed by atoms with van der Waals surface area (Å²) in [5.41, 5.74) is 6.80. The van der Waals surface area contributed by atoms with Crippen LogP contribution in [0.1, 0.15) is 11.1 Å². The average molecular weight is 358 g/mol. The van der Waals surface area contributed by atoms with Gasteiger partial charge in [0.1, 0.15) is 5.82 Å². The topological polar surface area (TPSA) is 60.2 Å². The first kappa shape index (κ1) is 15.0. The number of aryl methyl sites for hydroxylation is 1. The second kappa shape index (κ2) is 5.54. The number of hydrogen-bond donors (Lipinski definition) is 1. The highest BCUT2D eigenvalue weighted by molar-refractivity contribution is 9.10. The summed E-state index contributed by atoms with van der Waals surface area (Å²) < 4.78 is 39.0. The first-order chi connectivity index (χ1) is 9.29. The van der Waals surface area contributed by atoms with Crippen LogP contribution in [0.2, 0.25) is 0 Å². The van der Waals surface area contributed by atoms with E-state index in [4.69, 9.17) is 5.73 Å². The minimum atomic E-state index is -3.61. The molecule has 0 aliphatic heterocycles. The molecular weight excluding hydrogens is 345 g/mol. The minimum absolute atomic E-state index is 0.143. The van der Waals surface area contributed by atoms with Gasteiger partial charge in [-0.2, -0.15) is 0 Å². The van der Waals surface area contributed by atoms with Crippen LogP contribution in [0.25, 0.3) is 0 Å². The van der Waals surface area contributed by atoms with Crippen LogP contribution in [0, 0.1) is 12.7 Å². The van der Waals surface area contributed by atoms with Gasteiger partial charge in [-0.15, -0.1) is 0 Å². The SMILES string of the molecule is Cc1cc(N)ccc1S(=O)(=O)Cc1ccc(Br)cc1F. The van der Waals surface area contributed by atoms with Gasteiger partial charge in [0.25, 0.3) is 0 Å². The molecule has 0 aliphatic rings. The van der Waals surface area contributed by atoms with Crippen molar-refractivity contribution in [3.8, 4) is 0 Å². The maximum absolute atomic E-state index is 13.7. The molecule has 3 nitrogen and oxygen atoms in total. The molecule has 0 saturated carbocycles. The molecule has 0 fully saturated rings. The summed E-state index contributed by atoms with van der Waals surface area (Å²) in [4.78, 5) is 0.175. The van der Waals surface area contributed by atoms with Gasteiger partial charge in [-0.25, -0.2) is 12.8 Å². The van der Waals surface area contributed by atoms with Gasteiger partial charge >= 0.3 is 0 Å². The van der Waals surface area contributed by atoms with Gasteiger partial charge in [0.15, 0.2) is 9.84 Å². The average Bonchev–Trinajstić information content (AvgIpc) is 2.32. The van der Waals surface area contributed by atoms with Crippen LogP contribution in [-0.4, -0.2) is 8.42 Å². The Bertz CT molecular complexity index is 760. The summed E-state index contributed by atoms with van der Waals surface area (Å²) in [6, 6.07) is 8.90. The van der Waals surface area contributed by atoms with Crippen molar-refractivity contribution >= 4 is 31.5 Å². The summed E-state index contributed by atoms with van der Waals surface area (Å²) in [6.45, 7) is 1.67. The lowest BCUT2D eigenvalue weighted by Gasteiger charge is -2.09. The predicted octanol–water partition coefficient (Wildman–Crippen LogP) is 3.45. The van der Waals surface area contributed by atoms with Crippen LogP contribution in [0.5, 0.6) is 0 Å². The Morgan fingerprint density at radius 1 is 1.20 bits per heavy atom. The smallest absolute Gasteiger partial charge is 0.182 e. The molecule has 20 heavy (non-hydrogen) atoms. The molecule has 2 aromatic carbocycles. The fourth-order valence-corrected chi connectivity index (χ4v) is 3.90. The first-order valence-electron chi connectivity index (χ1n) is 5.82. The minimum Gasteiger partial charge on any atom is -0.399 e. The standard InChI is InChI=1S/C14H13BrFNO2S/c1-9-6-12(17)4-5-14(9)20(18,19)8-10-2-3-11(15)7-13(10)16/h2-7H,8,17H2,1H3. The number of anilines is 1. The Balaban J connectivity index is 2.41. The monoisotopic (exact) mass is 357 g/mol. The fourth-order valence-electron chi connectivity index (χ4n) is 1.94. The largest absolute Gasteiger partial charge is 0.399 e. The van der Waals surface area contributed by atoms with Crippen LogP contribution in [-0.2, 0) is 15.6 Å². The number of nitrogens with two attached hydrogens (primary N) is 1. The van der Waals surface area contributed by atoms with Gasteiger partial charge in [-0.05, 0) is 42.8 Å². The molecule has 2 aromatic rings. The molecule has 0 bridgehead atoms. The van der Waals surface area contributed by atoms with Crippen LogP contribution >= 0.6 is 15.9 Å². The zero-order chi connectivity index (χ0) is 14.9. The van der Waals surface area contributed by atoms with Crippen LogP contribution in [0.15, 0.2) is 45.8 Å². The molecule has 0 unspecified atom stereocenters. The van der Waals surface area contributed by atoms with Crippen LogP contribution in [0.3, 0.4) is 0 Å². The van der Waals surface area contributed by atoms with E-state index in [1.54, 1.807) is 19.1 Å². The van der Waals surface area contributed by atoms with Crippen molar-refractivity contribution in [1.82, 2.24) is 0 Å². The van der Waals surface area contributed by atoms with Crippen LogP contribution in [0.4, 0.5) is 10.1 Å². The molecule has 106 valence electrons. The van der Waals surface area contributed by atoms with Crippen molar-refractivity contribution in [2.45, 2.75) is 17.6 Å². The zero-order valence-corrected chi connectivity index (χ0v) is 13.1. The number of rotatable bonds is 3. The molecule has 6 heteroatoms. The Morgan fingerprint density at radius 3 is 2.50 bits per heavy atom. The van der Waals surface area contributed by atoms with E-state index in [1.807, 2.05) is 0 Å². The third-order valence-corrected chi connectivity index (χ3v) is 5.21. The van der Waals surface area contributed by atoms with E-state index in [9.17, 15) is 12.8 Å². The number of sulfone groups is 1. The third-order valence-electron chi connectivity index (χ3n) is 2.89. The van der Waals surface area contributed by atoms with E-state index in [0.29, 0.717) is 15.7 Å². The van der Waals surface area contributed by atoms with Crippen molar-refractivity contribution in [2.24, 2.45) is 0 Å². The van der Waals surface area contributed by atoms with E-state index in [0.717, 1.165) is 0 Å². The van der Waals surface area contributed by atoms with Gasteiger partial charge in [0, 0.05) is 15.7 Å². The van der Waals surface area contributed by atoms with Crippen molar-refractivity contribution in [1.29, 1.82) is 0 Å². The van der Waals surface area contributed by atoms with Gasteiger partial charge < -0.3 is 5.73 Å². The van der Waals surface area contributed by atoms with Crippen molar-refractivity contribution in [3.63, 3.8) is 0 Å². The van der Waals surface area contributed by atoms with Crippen molar-refractivity contribution in [3.05, 3.63) is 57.8 Å². The van der Waals surface area contributed by atoms with E-state index in [-0.39, 0.29) is 16.2 Å². The second-order valence-electron chi connectivity index (χ2n) is 4.52. The highest BCUT2D eigenvalue weighted by Crippen LogP contribution is 2.24. The molecule has 0 saturated heterocycles. The Morgan fingerprint density at radius 2 is 1.90 bits per heavy atom. The zero-order valence-electron chi connectivity index (χ0n) is 10.7. The lowest BCUT2D eigenvalue weighted by molar-refractivity contribution is 0.586. The van der Waals surface area contributed by atoms with E-state index >= 15 is 0 Å². The molecule has 0 aromatic heterocycles. The lowest BCUT2D eigenvalue weighted by atomic mass is 10.2. The number of nitrogen functional groups attached to an aromatic ring is 1. The summed E-state index contributed by atoms with van der Waals surface area (Å²) in [6.07, 6.45) is 0. The van der Waals surface area contributed by atoms with E-state index in [2.05, 4.69) is 15.9 Å². The summed E-state index contributed by atoms with van der Waals surface area (Å²) in [5.74, 6) is -0.923. The van der Waals surface area contributed by atoms with Crippen LogP contribution < -0.4 is 5.73 Å². The highest BCUT2D eigenvalue weighted by Gasteiger charge is 2.19. The molecule has 0 heterocycles. The summed E-state index contributed by atoms with van der Waals surface area (Å²) >= 11 is 3.14. The Labute approximate surface area is 125 Å². The summed E-state index contributed by atoms with van der Waals surface area (Å²) in [7, 11) is -3.61. The van der Waals surface area contributed by atoms with Gasteiger partial charge in [0.2, 0.25) is 0 Å². The fraction of sp³-hybridized carbons (Fsp3) is 0.143. The van der Waals surface area contributed by atoms with E-state index < -0.39 is 15.7 Å². The summed E-state index contributed by atoms with van der Waals surface area (Å²) in [5, 5.41) is 0. The molecule has 0 aliphatic carbocycles. The molecule has 0 atom stereocenters. The van der Waals surface area contributed by atoms with Crippen molar-refractivity contribution in [2.75, 3.05) is 5.73 Å². The number of benzene rings is 2. The van der Waals surface area contributed by atoms with Gasteiger partial charge in [0.05, 0.1) is 10.6 Å². The van der Waals surface area contributed by atoms with E-state index in [1.165, 1.54) is 24.3 Å². The number of hydrogen-bond acceptors (Lipinski definition) is 3. The normalized spacial score (nSPS) is 11.6. The Kier molecular flexibility index (Phi) is 4.15. The maximum atomic E-state index is 13.7. The molecule has 2 N–H and O–H groups in total. The molecule has 0 radical (unpaired) electrons. The quantitative estimate of drug-likeness (QED) is 0.855. The maximum Gasteiger partial charge on any atom is 0.182 e. The third kappa shape index (κ3) is 3.19. The van der Waals surface area contributed by atoms with Crippen molar-refractivity contribution < 1.29 is 12.8 Å². The Hall–Kier alpha value is -1.40. The molecule has 0 spiro atoms. The van der Waals surface area contributed by atoms with Gasteiger partial charge in [-0.1, -0.05) is 22.0 Å². The first-order valence-corrected chi connectivity index (χ1v) is 8.27. The molecule has 2 rings (SSSR count). The highest BCUT2D eigenvalue weighted by atomic mass is 79.9. The predicted molar refractivity (Wildman–Crippen MR) is 80.6 cm³/mol.